The minimum atomic E-state index is -3.85. The molecule has 0 saturated carbocycles. The number of nitrogens with one attached hydrogen (secondary N) is 2. The van der Waals surface area contributed by atoms with Crippen LogP contribution in [0.3, 0.4) is 0 Å². The minimum Gasteiger partial charge on any atom is -0.452 e. The van der Waals surface area contributed by atoms with Gasteiger partial charge < -0.3 is 10.1 Å². The van der Waals surface area contributed by atoms with Gasteiger partial charge in [0, 0.05) is 11.1 Å². The molecular formula is C20H19N3O5S. The van der Waals surface area contributed by atoms with Crippen molar-refractivity contribution in [2.75, 3.05) is 11.9 Å². The average molecular weight is 413 g/mol. The van der Waals surface area contributed by atoms with Crippen LogP contribution < -0.4 is 10.0 Å². The summed E-state index contributed by atoms with van der Waals surface area (Å²) in [4.78, 5) is 23.9. The van der Waals surface area contributed by atoms with Gasteiger partial charge in [-0.1, -0.05) is 36.4 Å². The lowest BCUT2D eigenvalue weighted by atomic mass is 10.2. The second kappa shape index (κ2) is 10.2. The van der Waals surface area contributed by atoms with Gasteiger partial charge in [-0.15, -0.1) is 0 Å². The molecular weight excluding hydrogens is 394 g/mol. The van der Waals surface area contributed by atoms with Crippen LogP contribution in [0.4, 0.5) is 5.69 Å². The monoisotopic (exact) mass is 413 g/mol. The fraction of sp³-hybridized carbons (Fsp3) is 0.150. The number of esters is 1. The number of hydrogen-bond acceptors (Lipinski definition) is 6. The van der Waals surface area contributed by atoms with E-state index in [0.29, 0.717) is 16.8 Å². The molecule has 0 aliphatic heterocycles. The zero-order chi connectivity index (χ0) is 21.3. The molecule has 29 heavy (non-hydrogen) atoms. The highest BCUT2D eigenvalue weighted by Crippen LogP contribution is 2.10. The van der Waals surface area contributed by atoms with E-state index in [0.717, 1.165) is 5.41 Å². The van der Waals surface area contributed by atoms with Crippen LogP contribution in [0.1, 0.15) is 18.1 Å². The van der Waals surface area contributed by atoms with E-state index >= 15 is 0 Å². The summed E-state index contributed by atoms with van der Waals surface area (Å²) in [5.41, 5.74) is 1.43. The van der Waals surface area contributed by atoms with Crippen molar-refractivity contribution in [3.63, 3.8) is 0 Å². The van der Waals surface area contributed by atoms with Gasteiger partial charge in [-0.05, 0) is 36.8 Å². The van der Waals surface area contributed by atoms with Crippen LogP contribution in [-0.4, -0.2) is 32.9 Å². The van der Waals surface area contributed by atoms with Crippen molar-refractivity contribution in [2.24, 2.45) is 0 Å². The summed E-state index contributed by atoms with van der Waals surface area (Å²) in [5.74, 6) is -1.52. The van der Waals surface area contributed by atoms with Crippen LogP contribution in [-0.2, 0) is 24.3 Å². The van der Waals surface area contributed by atoms with Gasteiger partial charge in [0.25, 0.3) is 5.91 Å². The highest BCUT2D eigenvalue weighted by Gasteiger charge is 2.19. The van der Waals surface area contributed by atoms with Crippen molar-refractivity contribution in [1.29, 1.82) is 5.26 Å². The summed E-state index contributed by atoms with van der Waals surface area (Å²) < 4.78 is 30.8. The summed E-state index contributed by atoms with van der Waals surface area (Å²) in [6.07, 6.45) is 0.233. The van der Waals surface area contributed by atoms with Crippen LogP contribution in [0.5, 0.6) is 0 Å². The Labute approximate surface area is 168 Å². The van der Waals surface area contributed by atoms with E-state index in [-0.39, 0.29) is 0 Å². The normalized spacial score (nSPS) is 12.1. The third-order valence-corrected chi connectivity index (χ3v) is 4.63. The third kappa shape index (κ3) is 7.57. The molecule has 0 fully saturated rings. The van der Waals surface area contributed by atoms with Crippen molar-refractivity contribution in [1.82, 2.24) is 4.72 Å². The lowest BCUT2D eigenvalue weighted by Crippen LogP contribution is -2.35. The number of rotatable bonds is 8. The van der Waals surface area contributed by atoms with Crippen LogP contribution in [0.2, 0.25) is 0 Å². The fourth-order valence-corrected chi connectivity index (χ4v) is 2.89. The lowest BCUT2D eigenvalue weighted by molar-refractivity contribution is -0.151. The van der Waals surface area contributed by atoms with E-state index < -0.39 is 34.5 Å². The van der Waals surface area contributed by atoms with Crippen LogP contribution in [0, 0.1) is 11.3 Å². The maximum absolute atomic E-state index is 12.1. The first-order valence-electron chi connectivity index (χ1n) is 8.52. The summed E-state index contributed by atoms with van der Waals surface area (Å²) in [7, 11) is -3.85. The molecule has 0 aromatic heterocycles. The quantitative estimate of drug-likeness (QED) is 0.638. The zero-order valence-electron chi connectivity index (χ0n) is 15.5. The van der Waals surface area contributed by atoms with Gasteiger partial charge in [0.05, 0.1) is 11.6 Å². The molecule has 2 N–H and O–H groups in total. The number of nitriles is 1. The highest BCUT2D eigenvalue weighted by atomic mass is 32.2. The molecule has 150 valence electrons. The lowest BCUT2D eigenvalue weighted by Gasteiger charge is -2.13. The first kappa shape index (κ1) is 21.8. The molecule has 0 radical (unpaired) electrons. The third-order valence-electron chi connectivity index (χ3n) is 3.59. The molecule has 8 nitrogen and oxygen atoms in total. The molecule has 0 saturated heterocycles. The van der Waals surface area contributed by atoms with Crippen molar-refractivity contribution in [3.8, 4) is 6.07 Å². The average Bonchev–Trinajstić information content (AvgIpc) is 2.72. The Morgan fingerprint density at radius 1 is 1.17 bits per heavy atom. The molecule has 0 aliphatic rings. The molecule has 2 rings (SSSR count). The Bertz CT molecular complexity index is 1040. The second-order valence-corrected chi connectivity index (χ2v) is 7.54. The first-order chi connectivity index (χ1) is 13.8. The Morgan fingerprint density at radius 2 is 1.90 bits per heavy atom. The van der Waals surface area contributed by atoms with E-state index in [9.17, 15) is 18.0 Å². The van der Waals surface area contributed by atoms with Gasteiger partial charge in [-0.3, -0.25) is 9.59 Å². The number of sulfonamides is 1. The molecule has 1 atom stereocenters. The van der Waals surface area contributed by atoms with Crippen molar-refractivity contribution >= 4 is 33.7 Å². The number of hydrogen-bond donors (Lipinski definition) is 2. The maximum atomic E-state index is 12.1. The van der Waals surface area contributed by atoms with E-state index in [1.165, 1.54) is 19.1 Å². The zero-order valence-corrected chi connectivity index (χ0v) is 16.3. The fourth-order valence-electron chi connectivity index (χ4n) is 2.14. The number of carbonyl (C=O) groups excluding carboxylic acids is 2. The number of nitrogens with zero attached hydrogens (tertiary/aromatic N) is 1. The topological polar surface area (TPSA) is 125 Å². The Hall–Kier alpha value is -3.48. The molecule has 2 aromatic carbocycles. The number of amides is 1. The van der Waals surface area contributed by atoms with Crippen LogP contribution in [0.25, 0.3) is 6.08 Å². The Balaban J connectivity index is 1.83. The van der Waals surface area contributed by atoms with E-state index in [2.05, 4.69) is 10.0 Å². The number of anilines is 1. The summed E-state index contributed by atoms with van der Waals surface area (Å²) >= 11 is 0. The van der Waals surface area contributed by atoms with Gasteiger partial charge in [0.1, 0.15) is 6.54 Å². The van der Waals surface area contributed by atoms with Gasteiger partial charge >= 0.3 is 5.97 Å². The highest BCUT2D eigenvalue weighted by molar-refractivity contribution is 7.92. The van der Waals surface area contributed by atoms with Gasteiger partial charge in [-0.2, -0.15) is 5.26 Å². The summed E-state index contributed by atoms with van der Waals surface area (Å²) in [6.45, 7) is 0.730. The molecule has 2 aromatic rings. The first-order valence-corrected chi connectivity index (χ1v) is 10.1. The number of ether oxygens (including phenoxy) is 1. The SMILES string of the molecule is CC(OC(=O)CNS(=O)(=O)C=Cc1ccccc1)C(=O)Nc1cccc(C#N)c1. The van der Waals surface area contributed by atoms with E-state index in [4.69, 9.17) is 10.00 Å². The van der Waals surface area contributed by atoms with Gasteiger partial charge in [0.15, 0.2) is 6.10 Å². The Kier molecular flexibility index (Phi) is 7.65. The largest absolute Gasteiger partial charge is 0.452 e. The summed E-state index contributed by atoms with van der Waals surface area (Å²) in [6, 6.07) is 17.0. The predicted octanol–water partition coefficient (Wildman–Crippen LogP) is 2.02. The predicted molar refractivity (Wildman–Crippen MR) is 108 cm³/mol. The van der Waals surface area contributed by atoms with Crippen LogP contribution in [0.15, 0.2) is 60.0 Å². The molecule has 0 spiro atoms. The standard InChI is InChI=1S/C20H19N3O5S/c1-15(20(25)23-18-9-5-8-17(12-18)13-21)28-19(24)14-22-29(26,27)11-10-16-6-3-2-4-7-16/h2-12,15,22H,14H2,1H3,(H,23,25). The van der Waals surface area contributed by atoms with E-state index in [1.807, 2.05) is 6.07 Å². The maximum Gasteiger partial charge on any atom is 0.321 e. The van der Waals surface area contributed by atoms with E-state index in [1.54, 1.807) is 48.5 Å². The van der Waals surface area contributed by atoms with Crippen molar-refractivity contribution in [3.05, 3.63) is 71.1 Å². The number of benzene rings is 2. The smallest absolute Gasteiger partial charge is 0.321 e. The van der Waals surface area contributed by atoms with Gasteiger partial charge in [-0.25, -0.2) is 13.1 Å². The second-order valence-electron chi connectivity index (χ2n) is 5.89. The van der Waals surface area contributed by atoms with Gasteiger partial charge in [0.2, 0.25) is 10.0 Å². The molecule has 1 unspecified atom stereocenters. The number of carbonyl (C=O) groups is 2. The van der Waals surface area contributed by atoms with Crippen molar-refractivity contribution in [2.45, 2.75) is 13.0 Å². The Morgan fingerprint density at radius 3 is 2.59 bits per heavy atom. The molecule has 1 amide bonds. The van der Waals surface area contributed by atoms with Crippen LogP contribution >= 0.6 is 0 Å². The molecule has 0 heterocycles. The van der Waals surface area contributed by atoms with Crippen molar-refractivity contribution < 1.29 is 22.7 Å². The summed E-state index contributed by atoms with van der Waals surface area (Å²) in [5, 5.41) is 12.3. The molecule has 0 aliphatic carbocycles. The molecule has 9 heteroatoms. The minimum absolute atomic E-state index is 0.366. The molecule has 0 bridgehead atoms.